The SMILES string of the molecule is O=C(NCCN1CCCCS1(=O)=O)C1CC1. The summed E-state index contributed by atoms with van der Waals surface area (Å²) in [5, 5.41) is 2.78. The van der Waals surface area contributed by atoms with Gasteiger partial charge in [-0.2, -0.15) is 0 Å². The van der Waals surface area contributed by atoms with Gasteiger partial charge in [0.2, 0.25) is 15.9 Å². The van der Waals surface area contributed by atoms with Crippen molar-refractivity contribution in [1.82, 2.24) is 9.62 Å². The first-order valence-corrected chi connectivity index (χ1v) is 7.46. The van der Waals surface area contributed by atoms with Crippen molar-refractivity contribution in [2.45, 2.75) is 25.7 Å². The van der Waals surface area contributed by atoms with Gasteiger partial charge in [0.05, 0.1) is 5.75 Å². The van der Waals surface area contributed by atoms with Crippen LogP contribution in [0.25, 0.3) is 0 Å². The fraction of sp³-hybridized carbons (Fsp3) is 0.900. The van der Waals surface area contributed by atoms with Crippen LogP contribution in [0.15, 0.2) is 0 Å². The third-order valence-electron chi connectivity index (χ3n) is 3.06. The van der Waals surface area contributed by atoms with E-state index in [1.165, 1.54) is 4.31 Å². The maximum Gasteiger partial charge on any atom is 0.223 e. The topological polar surface area (TPSA) is 66.5 Å². The van der Waals surface area contributed by atoms with Crippen LogP contribution in [0.2, 0.25) is 0 Å². The van der Waals surface area contributed by atoms with Crippen molar-refractivity contribution in [3.63, 3.8) is 0 Å². The van der Waals surface area contributed by atoms with Crippen molar-refractivity contribution in [3.05, 3.63) is 0 Å². The summed E-state index contributed by atoms with van der Waals surface area (Å²) < 4.78 is 24.7. The fourth-order valence-corrected chi connectivity index (χ4v) is 3.49. The highest BCUT2D eigenvalue weighted by atomic mass is 32.2. The molecule has 6 heteroatoms. The number of nitrogens with one attached hydrogen (secondary N) is 1. The van der Waals surface area contributed by atoms with Gasteiger partial charge in [-0.25, -0.2) is 12.7 Å². The van der Waals surface area contributed by atoms with E-state index in [-0.39, 0.29) is 17.6 Å². The number of rotatable bonds is 4. The molecule has 2 fully saturated rings. The molecule has 2 aliphatic rings. The summed E-state index contributed by atoms with van der Waals surface area (Å²) in [6.07, 6.45) is 3.64. The number of nitrogens with zero attached hydrogens (tertiary/aromatic N) is 1. The van der Waals surface area contributed by atoms with Crippen molar-refractivity contribution >= 4 is 15.9 Å². The lowest BCUT2D eigenvalue weighted by molar-refractivity contribution is -0.122. The summed E-state index contributed by atoms with van der Waals surface area (Å²) in [5.74, 6) is 0.524. The minimum atomic E-state index is -3.04. The number of sulfonamides is 1. The first-order chi connectivity index (χ1) is 7.59. The molecule has 0 unspecified atom stereocenters. The Morgan fingerprint density at radius 2 is 2.06 bits per heavy atom. The van der Waals surface area contributed by atoms with Crippen LogP contribution in [0.5, 0.6) is 0 Å². The van der Waals surface area contributed by atoms with Gasteiger partial charge in [-0.3, -0.25) is 4.79 Å². The van der Waals surface area contributed by atoms with Gasteiger partial charge in [-0.15, -0.1) is 0 Å². The number of amides is 1. The normalized spacial score (nSPS) is 25.2. The Morgan fingerprint density at radius 3 is 2.69 bits per heavy atom. The molecular formula is C10H18N2O3S. The highest BCUT2D eigenvalue weighted by Gasteiger charge is 2.30. The van der Waals surface area contributed by atoms with Crippen molar-refractivity contribution in [2.75, 3.05) is 25.4 Å². The molecule has 92 valence electrons. The van der Waals surface area contributed by atoms with Crippen LogP contribution in [0, 0.1) is 5.92 Å². The van der Waals surface area contributed by atoms with E-state index in [0.717, 1.165) is 25.7 Å². The Bertz CT molecular complexity index is 362. The molecule has 5 nitrogen and oxygen atoms in total. The first-order valence-electron chi connectivity index (χ1n) is 5.85. The monoisotopic (exact) mass is 246 g/mol. The third kappa shape index (κ3) is 2.95. The molecule has 1 aliphatic carbocycles. The second-order valence-electron chi connectivity index (χ2n) is 4.49. The number of hydrogen-bond donors (Lipinski definition) is 1. The smallest absolute Gasteiger partial charge is 0.223 e. The minimum absolute atomic E-state index is 0.0782. The zero-order valence-electron chi connectivity index (χ0n) is 9.31. The molecule has 0 aromatic rings. The average Bonchev–Trinajstić information content (AvgIpc) is 3.03. The van der Waals surface area contributed by atoms with Crippen LogP contribution in [-0.2, 0) is 14.8 Å². The van der Waals surface area contributed by atoms with Gasteiger partial charge < -0.3 is 5.32 Å². The Hall–Kier alpha value is -0.620. The molecule has 0 spiro atoms. The molecule has 1 amide bonds. The van der Waals surface area contributed by atoms with E-state index in [4.69, 9.17) is 0 Å². The molecule has 2 rings (SSSR count). The molecular weight excluding hydrogens is 228 g/mol. The van der Waals surface area contributed by atoms with Gasteiger partial charge in [-0.05, 0) is 25.7 Å². The van der Waals surface area contributed by atoms with E-state index < -0.39 is 10.0 Å². The lowest BCUT2D eigenvalue weighted by Crippen LogP contribution is -2.42. The zero-order valence-corrected chi connectivity index (χ0v) is 10.1. The van der Waals surface area contributed by atoms with E-state index in [0.29, 0.717) is 19.6 Å². The molecule has 1 N–H and O–H groups in total. The maximum absolute atomic E-state index is 11.6. The van der Waals surface area contributed by atoms with Gasteiger partial charge in [0.1, 0.15) is 0 Å². The third-order valence-corrected chi connectivity index (χ3v) is 5.02. The number of carbonyl (C=O) groups excluding carboxylic acids is 1. The summed E-state index contributed by atoms with van der Waals surface area (Å²) in [5.41, 5.74) is 0. The van der Waals surface area contributed by atoms with Crippen LogP contribution >= 0.6 is 0 Å². The summed E-state index contributed by atoms with van der Waals surface area (Å²) in [6.45, 7) is 1.46. The maximum atomic E-state index is 11.6. The Labute approximate surface area is 96.2 Å². The van der Waals surface area contributed by atoms with Crippen LogP contribution < -0.4 is 5.32 Å². The van der Waals surface area contributed by atoms with Crippen molar-refractivity contribution in [3.8, 4) is 0 Å². The van der Waals surface area contributed by atoms with Crippen LogP contribution in [-0.4, -0.2) is 44.0 Å². The van der Waals surface area contributed by atoms with Crippen molar-refractivity contribution in [2.24, 2.45) is 5.92 Å². The minimum Gasteiger partial charge on any atom is -0.355 e. The van der Waals surface area contributed by atoms with Crippen LogP contribution in [0.1, 0.15) is 25.7 Å². The molecule has 0 bridgehead atoms. The van der Waals surface area contributed by atoms with E-state index in [1.807, 2.05) is 0 Å². The fourth-order valence-electron chi connectivity index (χ4n) is 1.89. The largest absolute Gasteiger partial charge is 0.355 e. The molecule has 0 atom stereocenters. The van der Waals surface area contributed by atoms with E-state index in [1.54, 1.807) is 0 Å². The van der Waals surface area contributed by atoms with Gasteiger partial charge >= 0.3 is 0 Å². The van der Waals surface area contributed by atoms with Crippen molar-refractivity contribution in [1.29, 1.82) is 0 Å². The highest BCUT2D eigenvalue weighted by molar-refractivity contribution is 7.89. The molecule has 1 aliphatic heterocycles. The van der Waals surface area contributed by atoms with Crippen molar-refractivity contribution < 1.29 is 13.2 Å². The van der Waals surface area contributed by atoms with Crippen LogP contribution in [0.3, 0.4) is 0 Å². The first kappa shape index (κ1) is 11.9. The molecule has 0 radical (unpaired) electrons. The molecule has 1 saturated heterocycles. The number of carbonyl (C=O) groups is 1. The van der Waals surface area contributed by atoms with Gasteiger partial charge in [0.25, 0.3) is 0 Å². The summed E-state index contributed by atoms with van der Waals surface area (Å²) in [7, 11) is -3.04. The number of hydrogen-bond acceptors (Lipinski definition) is 3. The summed E-state index contributed by atoms with van der Waals surface area (Å²) >= 11 is 0. The Morgan fingerprint density at radius 1 is 1.31 bits per heavy atom. The van der Waals surface area contributed by atoms with E-state index >= 15 is 0 Å². The standard InChI is InChI=1S/C10H18N2O3S/c13-10(9-3-4-9)11-5-7-12-6-1-2-8-16(12,14)15/h9H,1-8H2,(H,11,13). The second kappa shape index (κ2) is 4.71. The molecule has 1 saturated carbocycles. The predicted molar refractivity (Wildman–Crippen MR) is 60.3 cm³/mol. The lowest BCUT2D eigenvalue weighted by atomic mass is 10.3. The molecule has 0 aromatic carbocycles. The van der Waals surface area contributed by atoms with Gasteiger partial charge in [0.15, 0.2) is 0 Å². The molecule has 0 aromatic heterocycles. The quantitative estimate of drug-likeness (QED) is 0.755. The highest BCUT2D eigenvalue weighted by Crippen LogP contribution is 2.28. The molecule has 16 heavy (non-hydrogen) atoms. The van der Waals surface area contributed by atoms with Gasteiger partial charge in [0, 0.05) is 25.6 Å². The van der Waals surface area contributed by atoms with E-state index in [9.17, 15) is 13.2 Å². The summed E-state index contributed by atoms with van der Waals surface area (Å²) in [6, 6.07) is 0. The summed E-state index contributed by atoms with van der Waals surface area (Å²) in [4.78, 5) is 11.3. The average molecular weight is 246 g/mol. The second-order valence-corrected chi connectivity index (χ2v) is 6.58. The van der Waals surface area contributed by atoms with Gasteiger partial charge in [-0.1, -0.05) is 0 Å². The lowest BCUT2D eigenvalue weighted by Gasteiger charge is -2.26. The zero-order chi connectivity index (χ0) is 11.6. The van der Waals surface area contributed by atoms with Crippen LogP contribution in [0.4, 0.5) is 0 Å². The van der Waals surface area contributed by atoms with E-state index in [2.05, 4.69) is 5.32 Å². The predicted octanol–water partition coefficient (Wildman–Crippen LogP) is -0.0618. The Kier molecular flexibility index (Phi) is 3.49. The Balaban J connectivity index is 1.73. The molecule has 1 heterocycles.